The van der Waals surface area contributed by atoms with E-state index in [4.69, 9.17) is 0 Å². The van der Waals surface area contributed by atoms with Gasteiger partial charge in [0, 0.05) is 0 Å². The fraction of sp³-hybridized carbons (Fsp3) is 0.500. The van der Waals surface area contributed by atoms with Gasteiger partial charge in [-0.15, -0.1) is 0 Å². The highest BCUT2D eigenvalue weighted by molar-refractivity contribution is 5.18. The number of rotatable bonds is 3. The van der Waals surface area contributed by atoms with Crippen LogP contribution in [0.15, 0.2) is 30.3 Å². The zero-order valence-corrected chi connectivity index (χ0v) is 8.62. The molecule has 1 rings (SSSR count). The van der Waals surface area contributed by atoms with Crippen LogP contribution in [0.1, 0.15) is 38.9 Å². The molecule has 1 nitrogen and oxygen atoms in total. The average molecular weight is 178 g/mol. The van der Waals surface area contributed by atoms with Crippen molar-refractivity contribution in [2.24, 2.45) is 5.41 Å². The van der Waals surface area contributed by atoms with Crippen molar-refractivity contribution in [1.82, 2.24) is 0 Å². The first-order valence-electron chi connectivity index (χ1n) is 4.81. The van der Waals surface area contributed by atoms with E-state index in [2.05, 4.69) is 20.8 Å². The minimum Gasteiger partial charge on any atom is -0.388 e. The van der Waals surface area contributed by atoms with Crippen molar-refractivity contribution in [1.29, 1.82) is 0 Å². The molecule has 0 heterocycles. The Morgan fingerprint density at radius 3 is 2.23 bits per heavy atom. The summed E-state index contributed by atoms with van der Waals surface area (Å²) in [7, 11) is 0. The van der Waals surface area contributed by atoms with Crippen molar-refractivity contribution in [3.05, 3.63) is 35.9 Å². The smallest absolute Gasteiger partial charge is 0.0840 e. The molecule has 0 aliphatic carbocycles. The molecule has 72 valence electrons. The van der Waals surface area contributed by atoms with Crippen LogP contribution in [0.25, 0.3) is 0 Å². The van der Waals surface area contributed by atoms with Crippen LogP contribution in [-0.2, 0) is 0 Å². The lowest BCUT2D eigenvalue weighted by Crippen LogP contribution is -2.20. The Hall–Kier alpha value is -0.820. The maximum atomic E-state index is 10.0. The Bertz CT molecular complexity index is 251. The summed E-state index contributed by atoms with van der Waals surface area (Å²) in [5.74, 6) is 0. The third-order valence-corrected chi connectivity index (χ3v) is 2.77. The summed E-state index contributed by atoms with van der Waals surface area (Å²) in [4.78, 5) is 0. The number of benzene rings is 1. The molecule has 0 aromatic heterocycles. The van der Waals surface area contributed by atoms with E-state index >= 15 is 0 Å². The van der Waals surface area contributed by atoms with E-state index in [0.29, 0.717) is 0 Å². The van der Waals surface area contributed by atoms with Crippen molar-refractivity contribution in [2.75, 3.05) is 0 Å². The second kappa shape index (κ2) is 3.93. The molecule has 13 heavy (non-hydrogen) atoms. The Morgan fingerprint density at radius 2 is 1.77 bits per heavy atom. The molecule has 0 spiro atoms. The van der Waals surface area contributed by atoms with Gasteiger partial charge in [0.15, 0.2) is 0 Å². The summed E-state index contributed by atoms with van der Waals surface area (Å²) in [6.45, 7) is 6.28. The van der Waals surface area contributed by atoms with Gasteiger partial charge in [0.1, 0.15) is 0 Å². The van der Waals surface area contributed by atoms with Gasteiger partial charge in [-0.1, -0.05) is 51.1 Å². The van der Waals surface area contributed by atoms with E-state index < -0.39 is 0 Å². The van der Waals surface area contributed by atoms with Gasteiger partial charge in [-0.05, 0) is 17.4 Å². The van der Waals surface area contributed by atoms with Gasteiger partial charge in [0.2, 0.25) is 0 Å². The van der Waals surface area contributed by atoms with Crippen LogP contribution in [0.4, 0.5) is 0 Å². The summed E-state index contributed by atoms with van der Waals surface area (Å²) in [5.41, 5.74) is 0.968. The number of aliphatic hydroxyl groups is 1. The highest BCUT2D eigenvalue weighted by Crippen LogP contribution is 2.35. The predicted octanol–water partition coefficient (Wildman–Crippen LogP) is 3.16. The van der Waals surface area contributed by atoms with Crippen LogP contribution in [0.2, 0.25) is 0 Å². The van der Waals surface area contributed by atoms with E-state index in [1.807, 2.05) is 30.3 Å². The molecule has 0 saturated carbocycles. The zero-order valence-electron chi connectivity index (χ0n) is 8.62. The lowest BCUT2D eigenvalue weighted by molar-refractivity contribution is 0.0466. The van der Waals surface area contributed by atoms with Gasteiger partial charge in [-0.25, -0.2) is 0 Å². The molecule has 0 aliphatic rings. The van der Waals surface area contributed by atoms with Gasteiger partial charge in [0.25, 0.3) is 0 Å². The lowest BCUT2D eigenvalue weighted by Gasteiger charge is -2.29. The van der Waals surface area contributed by atoms with Gasteiger partial charge in [0.05, 0.1) is 6.10 Å². The molecule has 1 heteroatoms. The van der Waals surface area contributed by atoms with E-state index in [0.717, 1.165) is 12.0 Å². The van der Waals surface area contributed by atoms with Crippen molar-refractivity contribution in [3.63, 3.8) is 0 Å². The standard InChI is InChI=1S/C12H18O/c1-4-12(2,3)11(13)10-8-6-5-7-9-10/h5-9,11,13H,4H2,1-3H3/t11-/m1/s1. The zero-order chi connectivity index (χ0) is 9.90. The lowest BCUT2D eigenvalue weighted by atomic mass is 9.80. The molecule has 0 unspecified atom stereocenters. The van der Waals surface area contributed by atoms with E-state index in [1.165, 1.54) is 0 Å². The molecule has 1 aromatic carbocycles. The number of aliphatic hydroxyl groups excluding tert-OH is 1. The number of hydrogen-bond donors (Lipinski definition) is 1. The number of hydrogen-bond acceptors (Lipinski definition) is 1. The first-order valence-corrected chi connectivity index (χ1v) is 4.81. The minimum atomic E-state index is -0.362. The summed E-state index contributed by atoms with van der Waals surface area (Å²) in [6.07, 6.45) is 0.613. The van der Waals surface area contributed by atoms with E-state index in [-0.39, 0.29) is 11.5 Å². The molecule has 1 atom stereocenters. The highest BCUT2D eigenvalue weighted by Gasteiger charge is 2.26. The summed E-state index contributed by atoms with van der Waals surface area (Å²) >= 11 is 0. The Labute approximate surface area is 80.4 Å². The van der Waals surface area contributed by atoms with Gasteiger partial charge in [-0.2, -0.15) is 0 Å². The fourth-order valence-electron chi connectivity index (χ4n) is 1.28. The Kier molecular flexibility index (Phi) is 3.10. The van der Waals surface area contributed by atoms with Crippen molar-refractivity contribution < 1.29 is 5.11 Å². The molecule has 0 radical (unpaired) electrons. The second-order valence-electron chi connectivity index (χ2n) is 4.16. The molecule has 0 amide bonds. The third kappa shape index (κ3) is 2.31. The van der Waals surface area contributed by atoms with E-state index in [9.17, 15) is 5.11 Å². The molecule has 1 aromatic rings. The summed E-state index contributed by atoms with van der Waals surface area (Å²) < 4.78 is 0. The van der Waals surface area contributed by atoms with Gasteiger partial charge >= 0.3 is 0 Å². The normalized spacial score (nSPS) is 14.2. The predicted molar refractivity (Wildman–Crippen MR) is 55.5 cm³/mol. The third-order valence-electron chi connectivity index (χ3n) is 2.77. The molecule has 0 fully saturated rings. The van der Waals surface area contributed by atoms with Gasteiger partial charge in [-0.3, -0.25) is 0 Å². The molecular weight excluding hydrogens is 160 g/mol. The Morgan fingerprint density at radius 1 is 1.23 bits per heavy atom. The van der Waals surface area contributed by atoms with Crippen LogP contribution in [0, 0.1) is 5.41 Å². The monoisotopic (exact) mass is 178 g/mol. The average Bonchev–Trinajstić information content (AvgIpc) is 2.18. The molecule has 1 N–H and O–H groups in total. The SMILES string of the molecule is CCC(C)(C)[C@H](O)c1ccccc1. The van der Waals surface area contributed by atoms with Crippen LogP contribution in [0.3, 0.4) is 0 Å². The first kappa shape index (κ1) is 10.3. The molecular formula is C12H18O. The Balaban J connectivity index is 2.85. The summed E-state index contributed by atoms with van der Waals surface area (Å²) in [5, 5.41) is 10.0. The van der Waals surface area contributed by atoms with Crippen molar-refractivity contribution in [2.45, 2.75) is 33.3 Å². The highest BCUT2D eigenvalue weighted by atomic mass is 16.3. The quantitative estimate of drug-likeness (QED) is 0.753. The topological polar surface area (TPSA) is 20.2 Å². The van der Waals surface area contributed by atoms with Crippen LogP contribution >= 0.6 is 0 Å². The van der Waals surface area contributed by atoms with Crippen LogP contribution in [0.5, 0.6) is 0 Å². The minimum absolute atomic E-state index is 0.0403. The fourth-order valence-corrected chi connectivity index (χ4v) is 1.28. The maximum Gasteiger partial charge on any atom is 0.0840 e. The largest absolute Gasteiger partial charge is 0.388 e. The molecule has 0 aliphatic heterocycles. The van der Waals surface area contributed by atoms with Crippen molar-refractivity contribution >= 4 is 0 Å². The molecule has 0 bridgehead atoms. The van der Waals surface area contributed by atoms with Crippen LogP contribution in [-0.4, -0.2) is 5.11 Å². The van der Waals surface area contributed by atoms with Crippen LogP contribution < -0.4 is 0 Å². The first-order chi connectivity index (χ1) is 6.08. The van der Waals surface area contributed by atoms with Crippen molar-refractivity contribution in [3.8, 4) is 0 Å². The van der Waals surface area contributed by atoms with E-state index in [1.54, 1.807) is 0 Å². The van der Waals surface area contributed by atoms with Gasteiger partial charge < -0.3 is 5.11 Å². The molecule has 0 saturated heterocycles. The maximum absolute atomic E-state index is 10.0. The second-order valence-corrected chi connectivity index (χ2v) is 4.16. The summed E-state index contributed by atoms with van der Waals surface area (Å²) in [6, 6.07) is 9.84.